The molecule has 2 N–H and O–H groups in total. The number of hydrogen-bond acceptors (Lipinski definition) is 5. The van der Waals surface area contributed by atoms with Gasteiger partial charge >= 0.3 is 0 Å². The molecule has 0 spiro atoms. The van der Waals surface area contributed by atoms with Gasteiger partial charge in [0, 0.05) is 31.0 Å². The Hall–Kier alpha value is -2.89. The van der Waals surface area contributed by atoms with Gasteiger partial charge < -0.3 is 25.0 Å². The van der Waals surface area contributed by atoms with Crippen molar-refractivity contribution in [1.29, 1.82) is 0 Å². The van der Waals surface area contributed by atoms with E-state index in [-0.39, 0.29) is 19.2 Å². The van der Waals surface area contributed by atoms with Gasteiger partial charge in [0.15, 0.2) is 11.5 Å². The Morgan fingerprint density at radius 3 is 2.50 bits per heavy atom. The molecule has 0 radical (unpaired) electrons. The van der Waals surface area contributed by atoms with Crippen molar-refractivity contribution in [2.75, 3.05) is 36.6 Å². The van der Waals surface area contributed by atoms with Gasteiger partial charge in [0.05, 0.1) is 6.54 Å². The minimum Gasteiger partial charge on any atom is -0.454 e. The Labute approximate surface area is 154 Å². The van der Waals surface area contributed by atoms with Crippen molar-refractivity contribution in [2.45, 2.75) is 20.4 Å². The molecule has 1 aliphatic rings. The third kappa shape index (κ3) is 4.39. The highest BCUT2D eigenvalue weighted by Gasteiger charge is 2.13. The van der Waals surface area contributed by atoms with Gasteiger partial charge in [-0.1, -0.05) is 6.07 Å². The minimum absolute atomic E-state index is 0.0597. The van der Waals surface area contributed by atoms with Crippen LogP contribution >= 0.6 is 0 Å². The quantitative estimate of drug-likeness (QED) is 0.762. The van der Waals surface area contributed by atoms with Crippen LogP contribution in [0.2, 0.25) is 0 Å². The second kappa shape index (κ2) is 8.47. The number of rotatable bonds is 8. The smallest absolute Gasteiger partial charge is 0.239 e. The summed E-state index contributed by atoms with van der Waals surface area (Å²) in [4.78, 5) is 14.3. The van der Waals surface area contributed by atoms with E-state index in [0.29, 0.717) is 6.54 Å². The summed E-state index contributed by atoms with van der Waals surface area (Å²) in [5, 5.41) is 6.05. The van der Waals surface area contributed by atoms with Crippen molar-refractivity contribution in [3.05, 3.63) is 48.0 Å². The van der Waals surface area contributed by atoms with Crippen molar-refractivity contribution < 1.29 is 14.3 Å². The monoisotopic (exact) mass is 355 g/mol. The maximum Gasteiger partial charge on any atom is 0.239 e. The highest BCUT2D eigenvalue weighted by molar-refractivity contribution is 5.80. The van der Waals surface area contributed by atoms with Crippen molar-refractivity contribution >= 4 is 17.3 Å². The normalized spacial score (nSPS) is 11.9. The molecule has 0 unspecified atom stereocenters. The first kappa shape index (κ1) is 17.9. The average Bonchev–Trinajstić information content (AvgIpc) is 3.14. The molecule has 6 heteroatoms. The maximum absolute atomic E-state index is 12.1. The van der Waals surface area contributed by atoms with E-state index in [1.54, 1.807) is 0 Å². The molecule has 3 rings (SSSR count). The number of carbonyl (C=O) groups is 1. The van der Waals surface area contributed by atoms with Crippen molar-refractivity contribution in [2.24, 2.45) is 0 Å². The first-order valence-corrected chi connectivity index (χ1v) is 8.93. The lowest BCUT2D eigenvalue weighted by molar-refractivity contribution is -0.119. The Morgan fingerprint density at radius 2 is 1.77 bits per heavy atom. The molecule has 138 valence electrons. The van der Waals surface area contributed by atoms with E-state index in [0.717, 1.165) is 35.8 Å². The van der Waals surface area contributed by atoms with Crippen LogP contribution in [0, 0.1) is 0 Å². The van der Waals surface area contributed by atoms with Crippen LogP contribution < -0.4 is 25.0 Å². The standard InChI is InChI=1S/C20H25N3O3/c1-3-23(4-2)17-8-6-16(7-9-17)21-13-20(24)22-12-15-5-10-18-19(11-15)26-14-25-18/h5-11,21H,3-4,12-14H2,1-2H3,(H,22,24). The van der Waals surface area contributed by atoms with Crippen molar-refractivity contribution in [3.8, 4) is 11.5 Å². The molecule has 1 amide bonds. The number of ether oxygens (including phenoxy) is 2. The summed E-state index contributed by atoms with van der Waals surface area (Å²) >= 11 is 0. The molecule has 0 aliphatic carbocycles. The largest absolute Gasteiger partial charge is 0.454 e. The highest BCUT2D eigenvalue weighted by Crippen LogP contribution is 2.32. The molecule has 0 atom stereocenters. The van der Waals surface area contributed by atoms with Gasteiger partial charge in [0.25, 0.3) is 0 Å². The lowest BCUT2D eigenvalue weighted by atomic mass is 10.2. The fraction of sp³-hybridized carbons (Fsp3) is 0.350. The number of hydrogen-bond donors (Lipinski definition) is 2. The Balaban J connectivity index is 1.45. The number of carbonyl (C=O) groups excluding carboxylic acids is 1. The lowest BCUT2D eigenvalue weighted by Gasteiger charge is -2.21. The lowest BCUT2D eigenvalue weighted by Crippen LogP contribution is -2.29. The molecular formula is C20H25N3O3. The van der Waals surface area contributed by atoms with E-state index in [1.807, 2.05) is 30.3 Å². The molecule has 26 heavy (non-hydrogen) atoms. The van der Waals surface area contributed by atoms with Gasteiger partial charge in [-0.3, -0.25) is 4.79 Å². The van der Waals surface area contributed by atoms with Crippen molar-refractivity contribution in [1.82, 2.24) is 5.32 Å². The SMILES string of the molecule is CCN(CC)c1ccc(NCC(=O)NCc2ccc3c(c2)OCO3)cc1. The summed E-state index contributed by atoms with van der Waals surface area (Å²) < 4.78 is 10.6. The second-order valence-electron chi connectivity index (χ2n) is 6.04. The fourth-order valence-corrected chi connectivity index (χ4v) is 2.88. The van der Waals surface area contributed by atoms with E-state index < -0.39 is 0 Å². The number of benzene rings is 2. The van der Waals surface area contributed by atoms with E-state index in [9.17, 15) is 4.79 Å². The van der Waals surface area contributed by atoms with E-state index in [1.165, 1.54) is 5.69 Å². The molecule has 1 aliphatic heterocycles. The zero-order valence-corrected chi connectivity index (χ0v) is 15.2. The highest BCUT2D eigenvalue weighted by atomic mass is 16.7. The van der Waals surface area contributed by atoms with Gasteiger partial charge in [-0.15, -0.1) is 0 Å². The Morgan fingerprint density at radius 1 is 1.04 bits per heavy atom. The Kier molecular flexibility index (Phi) is 5.84. The van der Waals surface area contributed by atoms with Gasteiger partial charge in [-0.05, 0) is 55.8 Å². The van der Waals surface area contributed by atoms with Crippen LogP contribution in [0.4, 0.5) is 11.4 Å². The van der Waals surface area contributed by atoms with Crippen LogP contribution in [0.15, 0.2) is 42.5 Å². The molecule has 6 nitrogen and oxygen atoms in total. The zero-order chi connectivity index (χ0) is 18.4. The number of anilines is 2. The molecule has 2 aromatic carbocycles. The number of nitrogens with zero attached hydrogens (tertiary/aromatic N) is 1. The average molecular weight is 355 g/mol. The molecule has 2 aromatic rings. The predicted molar refractivity (Wildman–Crippen MR) is 103 cm³/mol. The maximum atomic E-state index is 12.1. The summed E-state index contributed by atoms with van der Waals surface area (Å²) in [5.74, 6) is 1.41. The molecule has 0 saturated heterocycles. The van der Waals surface area contributed by atoms with Gasteiger partial charge in [0.1, 0.15) is 0 Å². The molecule has 0 bridgehead atoms. The Bertz CT molecular complexity index is 742. The van der Waals surface area contributed by atoms with E-state index in [2.05, 4.69) is 41.5 Å². The van der Waals surface area contributed by atoms with Crippen LogP contribution in [0.25, 0.3) is 0 Å². The fourth-order valence-electron chi connectivity index (χ4n) is 2.88. The van der Waals surface area contributed by atoms with Gasteiger partial charge in [-0.25, -0.2) is 0 Å². The third-order valence-corrected chi connectivity index (χ3v) is 4.38. The van der Waals surface area contributed by atoms with Crippen LogP contribution in [-0.4, -0.2) is 32.3 Å². The minimum atomic E-state index is -0.0597. The molecule has 0 fully saturated rings. The third-order valence-electron chi connectivity index (χ3n) is 4.38. The molecule has 1 heterocycles. The van der Waals surface area contributed by atoms with Crippen LogP contribution in [0.1, 0.15) is 19.4 Å². The van der Waals surface area contributed by atoms with Crippen molar-refractivity contribution in [3.63, 3.8) is 0 Å². The summed E-state index contributed by atoms with van der Waals surface area (Å²) in [5.41, 5.74) is 3.10. The summed E-state index contributed by atoms with van der Waals surface area (Å²) in [6.45, 7) is 7.17. The second-order valence-corrected chi connectivity index (χ2v) is 6.04. The van der Waals surface area contributed by atoms with E-state index in [4.69, 9.17) is 9.47 Å². The van der Waals surface area contributed by atoms with Gasteiger partial charge in [-0.2, -0.15) is 0 Å². The van der Waals surface area contributed by atoms with Crippen LogP contribution in [-0.2, 0) is 11.3 Å². The van der Waals surface area contributed by atoms with Crippen LogP contribution in [0.5, 0.6) is 11.5 Å². The van der Waals surface area contributed by atoms with Gasteiger partial charge in [0.2, 0.25) is 12.7 Å². The first-order chi connectivity index (χ1) is 12.7. The number of fused-ring (bicyclic) bond motifs is 1. The number of amides is 1. The summed E-state index contributed by atoms with van der Waals surface area (Å²) in [6.07, 6.45) is 0. The van der Waals surface area contributed by atoms with Crippen LogP contribution in [0.3, 0.4) is 0 Å². The molecule has 0 saturated carbocycles. The first-order valence-electron chi connectivity index (χ1n) is 8.93. The predicted octanol–water partition coefficient (Wildman–Crippen LogP) is 2.99. The topological polar surface area (TPSA) is 62.8 Å². The zero-order valence-electron chi connectivity index (χ0n) is 15.2. The summed E-state index contributed by atoms with van der Waals surface area (Å²) in [7, 11) is 0. The van der Waals surface area contributed by atoms with E-state index >= 15 is 0 Å². The number of nitrogens with one attached hydrogen (secondary N) is 2. The molecule has 0 aromatic heterocycles. The summed E-state index contributed by atoms with van der Waals surface area (Å²) in [6, 6.07) is 13.8. The molecular weight excluding hydrogens is 330 g/mol.